The van der Waals surface area contributed by atoms with Crippen molar-refractivity contribution in [1.29, 1.82) is 0 Å². The van der Waals surface area contributed by atoms with E-state index < -0.39 is 0 Å². The lowest BCUT2D eigenvalue weighted by atomic mass is 9.97. The number of rotatable bonds is 1. The highest BCUT2D eigenvalue weighted by molar-refractivity contribution is 9.10. The maximum atomic E-state index is 11.8. The zero-order valence-electron chi connectivity index (χ0n) is 10.2. The first-order valence-electron chi connectivity index (χ1n) is 6.17. The molecule has 1 heterocycles. The largest absolute Gasteiger partial charge is 0.320 e. The fraction of sp³-hybridized carbons (Fsp3) is 0.267. The topological polar surface area (TPSA) is 22.0 Å². The van der Waals surface area contributed by atoms with Gasteiger partial charge in [0.05, 0.1) is 0 Å². The molecule has 0 saturated heterocycles. The summed E-state index contributed by atoms with van der Waals surface area (Å²) >= 11 is 3.56. The summed E-state index contributed by atoms with van der Waals surface area (Å²) in [6.45, 7) is 2.07. The van der Waals surface area contributed by atoms with Gasteiger partial charge in [0.2, 0.25) is 0 Å². The van der Waals surface area contributed by atoms with Crippen LogP contribution in [0.1, 0.15) is 34.5 Å². The Morgan fingerprint density at radius 2 is 2.06 bits per heavy atom. The molecule has 3 heteroatoms. The van der Waals surface area contributed by atoms with Gasteiger partial charge in [-0.3, -0.25) is 4.79 Å². The van der Waals surface area contributed by atoms with Crippen LogP contribution < -0.4 is 0 Å². The van der Waals surface area contributed by atoms with Crippen LogP contribution in [0.15, 0.2) is 34.9 Å². The van der Waals surface area contributed by atoms with Gasteiger partial charge in [0.1, 0.15) is 0 Å². The summed E-state index contributed by atoms with van der Waals surface area (Å²) in [6, 6.07) is 8.25. The normalized spacial score (nSPS) is 14.7. The van der Waals surface area contributed by atoms with Gasteiger partial charge in [0, 0.05) is 34.0 Å². The molecule has 0 unspecified atom stereocenters. The average molecular weight is 304 g/mol. The number of hydrogen-bond acceptors (Lipinski definition) is 1. The van der Waals surface area contributed by atoms with Crippen LogP contribution in [0.4, 0.5) is 0 Å². The van der Waals surface area contributed by atoms with Crippen LogP contribution in [0.3, 0.4) is 0 Å². The van der Waals surface area contributed by atoms with Crippen molar-refractivity contribution in [2.45, 2.75) is 26.2 Å². The zero-order chi connectivity index (χ0) is 12.7. The van der Waals surface area contributed by atoms with Gasteiger partial charge in [-0.15, -0.1) is 0 Å². The lowest BCUT2D eigenvalue weighted by molar-refractivity contribution is 0.0972. The van der Waals surface area contributed by atoms with Crippen molar-refractivity contribution in [3.05, 3.63) is 51.8 Å². The Balaban J connectivity index is 2.12. The highest BCUT2D eigenvalue weighted by atomic mass is 79.9. The summed E-state index contributed by atoms with van der Waals surface area (Å²) < 4.78 is 3.24. The third kappa shape index (κ3) is 1.83. The quantitative estimate of drug-likeness (QED) is 0.778. The smallest absolute Gasteiger partial charge is 0.164 e. The molecule has 2 nitrogen and oxygen atoms in total. The van der Waals surface area contributed by atoms with Crippen molar-refractivity contribution in [3.63, 3.8) is 0 Å². The highest BCUT2D eigenvalue weighted by Gasteiger charge is 2.21. The van der Waals surface area contributed by atoms with Crippen molar-refractivity contribution in [3.8, 4) is 5.69 Å². The zero-order valence-corrected chi connectivity index (χ0v) is 11.8. The Labute approximate surface area is 115 Å². The van der Waals surface area contributed by atoms with Gasteiger partial charge in [0.25, 0.3) is 0 Å². The minimum atomic E-state index is 0.279. The van der Waals surface area contributed by atoms with E-state index in [9.17, 15) is 4.79 Å². The van der Waals surface area contributed by atoms with Crippen molar-refractivity contribution >= 4 is 21.7 Å². The van der Waals surface area contributed by atoms with Crippen molar-refractivity contribution in [2.24, 2.45) is 0 Å². The monoisotopic (exact) mass is 303 g/mol. The number of benzene rings is 1. The minimum Gasteiger partial charge on any atom is -0.320 e. The average Bonchev–Trinajstić information content (AvgIpc) is 2.78. The van der Waals surface area contributed by atoms with Crippen molar-refractivity contribution in [1.82, 2.24) is 4.57 Å². The first-order chi connectivity index (χ1) is 8.66. The summed E-state index contributed by atoms with van der Waals surface area (Å²) in [6.07, 6.45) is 4.64. The number of aromatic nitrogens is 1. The molecule has 3 rings (SSSR count). The maximum Gasteiger partial charge on any atom is 0.164 e. The van der Waals surface area contributed by atoms with Gasteiger partial charge >= 0.3 is 0 Å². The number of Topliss-reactive ketones (excluding diaryl/α,β-unsaturated/α-hetero) is 1. The second-order valence-corrected chi connectivity index (χ2v) is 5.61. The number of aryl methyl sites for hydroxylation is 1. The number of ketones is 1. The predicted molar refractivity (Wildman–Crippen MR) is 75.5 cm³/mol. The summed E-state index contributed by atoms with van der Waals surface area (Å²) in [5.74, 6) is 0.279. The number of carbonyl (C=O) groups excluding carboxylic acids is 1. The maximum absolute atomic E-state index is 11.8. The van der Waals surface area contributed by atoms with Crippen LogP contribution in [0.25, 0.3) is 5.69 Å². The molecule has 2 aromatic rings. The number of carbonyl (C=O) groups is 1. The van der Waals surface area contributed by atoms with Gasteiger partial charge in [-0.2, -0.15) is 0 Å². The van der Waals surface area contributed by atoms with E-state index in [0.29, 0.717) is 6.42 Å². The fourth-order valence-electron chi connectivity index (χ4n) is 2.50. The van der Waals surface area contributed by atoms with Crippen LogP contribution >= 0.6 is 15.9 Å². The van der Waals surface area contributed by atoms with Crippen LogP contribution in [-0.2, 0) is 6.42 Å². The molecule has 18 heavy (non-hydrogen) atoms. The summed E-state index contributed by atoms with van der Waals surface area (Å²) in [5.41, 5.74) is 4.39. The second kappa shape index (κ2) is 4.39. The van der Waals surface area contributed by atoms with Gasteiger partial charge in [-0.1, -0.05) is 22.0 Å². The molecule has 0 radical (unpaired) electrons. The van der Waals surface area contributed by atoms with E-state index in [0.717, 1.165) is 34.3 Å². The molecule has 0 N–H and O–H groups in total. The SMILES string of the molecule is Cc1ccc(-n2ccc3c2CCCC3=O)cc1Br. The molecular formula is C15H14BrNO. The molecule has 1 aromatic heterocycles. The van der Waals surface area contributed by atoms with Gasteiger partial charge < -0.3 is 4.57 Å². The molecule has 1 aromatic carbocycles. The molecule has 0 spiro atoms. The van der Waals surface area contributed by atoms with E-state index in [1.807, 2.05) is 12.3 Å². The minimum absolute atomic E-state index is 0.279. The second-order valence-electron chi connectivity index (χ2n) is 4.76. The molecule has 0 fully saturated rings. The van der Waals surface area contributed by atoms with Crippen LogP contribution in [0, 0.1) is 6.92 Å². The van der Waals surface area contributed by atoms with Gasteiger partial charge in [-0.25, -0.2) is 0 Å². The predicted octanol–water partition coefficient (Wildman–Crippen LogP) is 4.07. The van der Waals surface area contributed by atoms with E-state index in [1.54, 1.807) is 0 Å². The molecule has 0 amide bonds. The number of halogens is 1. The number of nitrogens with zero attached hydrogens (tertiary/aromatic N) is 1. The molecule has 92 valence electrons. The van der Waals surface area contributed by atoms with E-state index in [-0.39, 0.29) is 5.78 Å². The molecule has 1 aliphatic rings. The lowest BCUT2D eigenvalue weighted by Crippen LogP contribution is -2.12. The standard InChI is InChI=1S/C15H14BrNO/c1-10-5-6-11(9-13(10)16)17-8-7-12-14(17)3-2-4-15(12)18/h5-9H,2-4H2,1H3. The van der Waals surface area contributed by atoms with Gasteiger partial charge in [0.15, 0.2) is 5.78 Å². The van der Waals surface area contributed by atoms with Gasteiger partial charge in [-0.05, 0) is 43.5 Å². The van der Waals surface area contributed by atoms with Crippen LogP contribution in [0.2, 0.25) is 0 Å². The Kier molecular flexibility index (Phi) is 2.86. The Morgan fingerprint density at radius 3 is 2.83 bits per heavy atom. The summed E-state index contributed by atoms with van der Waals surface area (Å²) in [7, 11) is 0. The van der Waals surface area contributed by atoms with E-state index in [4.69, 9.17) is 0 Å². The lowest BCUT2D eigenvalue weighted by Gasteiger charge is -2.15. The molecule has 0 bridgehead atoms. The van der Waals surface area contributed by atoms with E-state index in [1.165, 1.54) is 5.56 Å². The molecule has 0 saturated carbocycles. The van der Waals surface area contributed by atoms with E-state index in [2.05, 4.69) is 45.6 Å². The molecule has 1 aliphatic carbocycles. The third-order valence-corrected chi connectivity index (χ3v) is 4.40. The molecule has 0 aliphatic heterocycles. The van der Waals surface area contributed by atoms with Crippen molar-refractivity contribution < 1.29 is 4.79 Å². The third-order valence-electron chi connectivity index (χ3n) is 3.54. The first-order valence-corrected chi connectivity index (χ1v) is 6.96. The first kappa shape index (κ1) is 11.7. The highest BCUT2D eigenvalue weighted by Crippen LogP contribution is 2.27. The summed E-state index contributed by atoms with van der Waals surface area (Å²) in [4.78, 5) is 11.8. The number of hydrogen-bond donors (Lipinski definition) is 0. The van der Waals surface area contributed by atoms with Crippen LogP contribution in [-0.4, -0.2) is 10.4 Å². The molecular weight excluding hydrogens is 290 g/mol. The van der Waals surface area contributed by atoms with Crippen molar-refractivity contribution in [2.75, 3.05) is 0 Å². The Hall–Kier alpha value is -1.35. The Bertz CT molecular complexity index is 627. The van der Waals surface area contributed by atoms with E-state index >= 15 is 0 Å². The molecule has 0 atom stereocenters. The summed E-state index contributed by atoms with van der Waals surface area (Å²) in [5, 5.41) is 0. The van der Waals surface area contributed by atoms with Crippen LogP contribution in [0.5, 0.6) is 0 Å². The fourth-order valence-corrected chi connectivity index (χ4v) is 2.87. The Morgan fingerprint density at radius 1 is 1.22 bits per heavy atom. The number of fused-ring (bicyclic) bond motifs is 1.